The van der Waals surface area contributed by atoms with Crippen LogP contribution in [0.25, 0.3) is 91.1 Å². The number of benzene rings is 8. The summed E-state index contributed by atoms with van der Waals surface area (Å²) in [7, 11) is 0. The summed E-state index contributed by atoms with van der Waals surface area (Å²) in [5.74, 6) is 0. The summed E-state index contributed by atoms with van der Waals surface area (Å²) in [6.07, 6.45) is 0. The molecule has 0 amide bonds. The van der Waals surface area contributed by atoms with E-state index < -0.39 is 0 Å². The van der Waals surface area contributed by atoms with E-state index >= 15 is 0 Å². The van der Waals surface area contributed by atoms with Gasteiger partial charge in [0.1, 0.15) is 11.2 Å². The molecule has 0 spiro atoms. The summed E-state index contributed by atoms with van der Waals surface area (Å²) < 4.78 is 11.6. The van der Waals surface area contributed by atoms with Crippen LogP contribution in [0.1, 0.15) is 0 Å². The summed E-state index contributed by atoms with van der Waals surface area (Å²) in [4.78, 5) is 2.32. The summed E-state index contributed by atoms with van der Waals surface area (Å²) >= 11 is 1.89. The van der Waals surface area contributed by atoms with Gasteiger partial charge in [-0.25, -0.2) is 0 Å². The molecule has 9 aromatic carbocycles. The highest BCUT2D eigenvalue weighted by atomic mass is 32.1. The molecule has 3 aromatic heterocycles. The van der Waals surface area contributed by atoms with Crippen LogP contribution < -0.4 is 4.90 Å². The van der Waals surface area contributed by atoms with Gasteiger partial charge < -0.3 is 13.9 Å². The molecule has 52 heavy (non-hydrogen) atoms. The maximum Gasteiger partial charge on any atom is 0.136 e. The molecule has 12 rings (SSSR count). The van der Waals surface area contributed by atoms with Crippen molar-refractivity contribution in [3.8, 4) is 5.69 Å². The summed E-state index contributed by atoms with van der Waals surface area (Å²) in [6, 6.07) is 61.6. The second-order valence-electron chi connectivity index (χ2n) is 13.7. The fourth-order valence-electron chi connectivity index (χ4n) is 8.75. The van der Waals surface area contributed by atoms with Crippen LogP contribution in [0, 0.1) is 0 Å². The first kappa shape index (κ1) is 28.1. The summed E-state index contributed by atoms with van der Waals surface area (Å²) in [6.45, 7) is 0. The largest absolute Gasteiger partial charge is 0.456 e. The van der Waals surface area contributed by atoms with Crippen LogP contribution in [0.4, 0.5) is 17.1 Å². The minimum absolute atomic E-state index is 0.920. The van der Waals surface area contributed by atoms with Crippen molar-refractivity contribution in [1.29, 1.82) is 0 Å². The normalized spacial score (nSPS) is 12.2. The second kappa shape index (κ2) is 10.5. The lowest BCUT2D eigenvalue weighted by molar-refractivity contribution is 0.669. The number of anilines is 3. The van der Waals surface area contributed by atoms with Crippen LogP contribution in [0.5, 0.6) is 0 Å². The molecule has 0 aliphatic rings. The van der Waals surface area contributed by atoms with Crippen LogP contribution in [-0.4, -0.2) is 4.57 Å². The third-order valence-corrected chi connectivity index (χ3v) is 12.0. The lowest BCUT2D eigenvalue weighted by Crippen LogP contribution is -2.09. The van der Waals surface area contributed by atoms with Crippen molar-refractivity contribution in [3.63, 3.8) is 0 Å². The van der Waals surface area contributed by atoms with E-state index in [-0.39, 0.29) is 0 Å². The molecule has 0 atom stereocenters. The molecule has 0 aliphatic carbocycles. The predicted octanol–water partition coefficient (Wildman–Crippen LogP) is 14.3. The Morgan fingerprint density at radius 2 is 1.00 bits per heavy atom. The van der Waals surface area contributed by atoms with E-state index in [1.54, 1.807) is 0 Å². The SMILES string of the molecule is c1ccc(N(c2ccccc2)c2ccc(-n3c4cccc5c6cc7c(cc6c6cccc8sc9ccc3c(c9c86)c54)oc3ccccc37)cc2)cc1. The Labute approximate surface area is 302 Å². The monoisotopic (exact) mass is 680 g/mol. The fourth-order valence-corrected chi connectivity index (χ4v) is 9.89. The Hall–Kier alpha value is -6.62. The Balaban J connectivity index is 1.19. The quantitative estimate of drug-likeness (QED) is 0.184. The average Bonchev–Trinajstić information content (AvgIpc) is 3.87. The van der Waals surface area contributed by atoms with E-state index in [2.05, 4.69) is 173 Å². The topological polar surface area (TPSA) is 21.3 Å². The standard InChI is InChI=1S/C48H28N2OS/c1-3-11-29(12-4-1)49(30-13-5-2-6-14-30)31-21-23-32(24-22-31)50-39-18-9-16-34-36-27-38-33-15-7-8-19-41(33)51-42(38)28-37(36)35-17-10-20-43-46(35)48-44(52-43)26-25-40(50)47(48)45(34)39/h1-28H. The molecule has 0 bridgehead atoms. The van der Waals surface area contributed by atoms with E-state index in [9.17, 15) is 0 Å². The molecule has 0 saturated carbocycles. The Morgan fingerprint density at radius 1 is 0.385 bits per heavy atom. The Morgan fingerprint density at radius 3 is 1.79 bits per heavy atom. The van der Waals surface area contributed by atoms with Gasteiger partial charge in [0, 0.05) is 64.5 Å². The first-order chi connectivity index (χ1) is 25.8. The predicted molar refractivity (Wildman–Crippen MR) is 222 cm³/mol. The third-order valence-electron chi connectivity index (χ3n) is 10.9. The molecule has 0 radical (unpaired) electrons. The van der Waals surface area contributed by atoms with Crippen LogP contribution >= 0.6 is 11.3 Å². The molecule has 3 nitrogen and oxygen atoms in total. The maximum atomic E-state index is 6.48. The zero-order valence-electron chi connectivity index (χ0n) is 27.9. The molecule has 0 unspecified atom stereocenters. The van der Waals surface area contributed by atoms with Crippen molar-refractivity contribution in [2.45, 2.75) is 0 Å². The van der Waals surface area contributed by atoms with Gasteiger partial charge in [0.15, 0.2) is 0 Å². The van der Waals surface area contributed by atoms with E-state index in [0.29, 0.717) is 0 Å². The van der Waals surface area contributed by atoms with Gasteiger partial charge in [-0.3, -0.25) is 0 Å². The molecule has 12 aromatic rings. The number of aromatic nitrogens is 1. The van der Waals surface area contributed by atoms with Crippen LogP contribution in [-0.2, 0) is 0 Å². The van der Waals surface area contributed by atoms with E-state index in [1.165, 1.54) is 63.5 Å². The van der Waals surface area contributed by atoms with Crippen molar-refractivity contribution in [2.24, 2.45) is 0 Å². The van der Waals surface area contributed by atoms with Gasteiger partial charge in [-0.1, -0.05) is 78.9 Å². The number of nitrogens with zero attached hydrogens (tertiary/aromatic N) is 2. The highest BCUT2D eigenvalue weighted by Gasteiger charge is 2.23. The van der Waals surface area contributed by atoms with Crippen molar-refractivity contribution in [2.75, 3.05) is 4.90 Å². The zero-order chi connectivity index (χ0) is 33.9. The molecular formula is C48H28N2OS. The van der Waals surface area contributed by atoms with Crippen molar-refractivity contribution in [3.05, 3.63) is 170 Å². The lowest BCUT2D eigenvalue weighted by atomic mass is 9.93. The van der Waals surface area contributed by atoms with E-state index in [1.807, 2.05) is 17.4 Å². The maximum absolute atomic E-state index is 6.48. The van der Waals surface area contributed by atoms with Gasteiger partial charge in [0.2, 0.25) is 0 Å². The molecule has 0 fully saturated rings. The highest BCUT2D eigenvalue weighted by Crippen LogP contribution is 2.49. The Kier molecular flexibility index (Phi) is 5.65. The van der Waals surface area contributed by atoms with Gasteiger partial charge >= 0.3 is 0 Å². The number of furan rings is 1. The third kappa shape index (κ3) is 3.79. The van der Waals surface area contributed by atoms with Crippen molar-refractivity contribution >= 4 is 114 Å². The van der Waals surface area contributed by atoms with Crippen LogP contribution in [0.15, 0.2) is 174 Å². The molecule has 242 valence electrons. The minimum Gasteiger partial charge on any atom is -0.456 e. The second-order valence-corrected chi connectivity index (χ2v) is 14.7. The fraction of sp³-hybridized carbons (Fsp3) is 0. The summed E-state index contributed by atoms with van der Waals surface area (Å²) in [5, 5.41) is 12.5. The first-order valence-electron chi connectivity index (χ1n) is 17.7. The average molecular weight is 681 g/mol. The zero-order valence-corrected chi connectivity index (χ0v) is 28.7. The van der Waals surface area contributed by atoms with Gasteiger partial charge in [-0.05, 0) is 113 Å². The number of hydrogen-bond acceptors (Lipinski definition) is 3. The molecule has 0 aliphatic heterocycles. The van der Waals surface area contributed by atoms with Gasteiger partial charge in [-0.2, -0.15) is 0 Å². The molecule has 4 heteroatoms. The molecule has 0 N–H and O–H groups in total. The Bertz CT molecular complexity index is 3300. The number of fused-ring (bicyclic) bond motifs is 6. The van der Waals surface area contributed by atoms with Gasteiger partial charge in [0.25, 0.3) is 0 Å². The van der Waals surface area contributed by atoms with E-state index in [0.717, 1.165) is 44.7 Å². The van der Waals surface area contributed by atoms with E-state index in [4.69, 9.17) is 4.42 Å². The lowest BCUT2D eigenvalue weighted by Gasteiger charge is -2.25. The van der Waals surface area contributed by atoms with Gasteiger partial charge in [-0.15, -0.1) is 11.3 Å². The molecular weight excluding hydrogens is 653 g/mol. The first-order valence-corrected chi connectivity index (χ1v) is 18.5. The van der Waals surface area contributed by atoms with Crippen molar-refractivity contribution < 1.29 is 4.42 Å². The number of thiophene rings is 1. The minimum atomic E-state index is 0.920. The van der Waals surface area contributed by atoms with Crippen LogP contribution in [0.3, 0.4) is 0 Å². The molecule has 0 saturated heterocycles. The smallest absolute Gasteiger partial charge is 0.136 e. The molecule has 3 heterocycles. The van der Waals surface area contributed by atoms with Gasteiger partial charge in [0.05, 0.1) is 11.0 Å². The van der Waals surface area contributed by atoms with Crippen LogP contribution in [0.2, 0.25) is 0 Å². The number of hydrogen-bond donors (Lipinski definition) is 0. The highest BCUT2D eigenvalue weighted by molar-refractivity contribution is 7.26. The number of para-hydroxylation sites is 3. The number of rotatable bonds is 4. The summed E-state index contributed by atoms with van der Waals surface area (Å²) in [5.41, 5.74) is 8.77. The van der Waals surface area contributed by atoms with Crippen molar-refractivity contribution in [1.82, 2.24) is 4.57 Å².